The van der Waals surface area contributed by atoms with E-state index in [1.54, 1.807) is 6.20 Å². The minimum absolute atomic E-state index is 0.253. The van der Waals surface area contributed by atoms with Gasteiger partial charge >= 0.3 is 5.91 Å². The van der Waals surface area contributed by atoms with E-state index in [1.165, 1.54) is 12.8 Å². The SMILES string of the molecule is CN(C)CCOc1ccc(Nc2ncc3c(n2)N(C2CCCC2)C2(CC[NH2+]C2=O)C3)nc1. The monoisotopic (exact) mass is 438 g/mol. The number of pyridine rings is 1. The van der Waals surface area contributed by atoms with Crippen molar-refractivity contribution in [1.82, 2.24) is 19.9 Å². The number of quaternary nitrogens is 1. The van der Waals surface area contributed by atoms with Crippen molar-refractivity contribution in [3.63, 3.8) is 0 Å². The molecule has 1 amide bonds. The van der Waals surface area contributed by atoms with E-state index in [0.29, 0.717) is 30.8 Å². The highest BCUT2D eigenvalue weighted by molar-refractivity contribution is 5.87. The molecule has 1 spiro atoms. The molecular weight excluding hydrogens is 406 g/mol. The summed E-state index contributed by atoms with van der Waals surface area (Å²) in [6, 6.07) is 4.14. The lowest BCUT2D eigenvalue weighted by atomic mass is 9.91. The summed E-state index contributed by atoms with van der Waals surface area (Å²) in [6.45, 7) is 2.31. The molecule has 0 bridgehead atoms. The first-order valence-corrected chi connectivity index (χ1v) is 11.6. The summed E-state index contributed by atoms with van der Waals surface area (Å²) >= 11 is 0. The largest absolute Gasteiger partial charge is 0.491 e. The summed E-state index contributed by atoms with van der Waals surface area (Å²) in [5.41, 5.74) is 0.623. The summed E-state index contributed by atoms with van der Waals surface area (Å²) in [6.07, 6.45) is 9.85. The van der Waals surface area contributed by atoms with Gasteiger partial charge in [-0.25, -0.2) is 14.8 Å². The van der Waals surface area contributed by atoms with Crippen molar-refractivity contribution in [2.45, 2.75) is 50.1 Å². The molecule has 3 N–H and O–H groups in total. The second-order valence-corrected chi connectivity index (χ2v) is 9.32. The van der Waals surface area contributed by atoms with E-state index in [0.717, 1.165) is 49.5 Å². The van der Waals surface area contributed by atoms with Crippen molar-refractivity contribution in [3.05, 3.63) is 30.1 Å². The molecule has 0 radical (unpaired) electrons. The van der Waals surface area contributed by atoms with Crippen molar-refractivity contribution in [3.8, 4) is 5.75 Å². The summed E-state index contributed by atoms with van der Waals surface area (Å²) < 4.78 is 5.71. The Bertz CT molecular complexity index is 975. The maximum absolute atomic E-state index is 13.0. The number of carbonyl (C=O) groups is 1. The third-order valence-corrected chi connectivity index (χ3v) is 6.83. The van der Waals surface area contributed by atoms with Crippen molar-refractivity contribution in [1.29, 1.82) is 0 Å². The number of fused-ring (bicyclic) bond motifs is 1. The fraction of sp³-hybridized carbons (Fsp3) is 0.565. The number of carbonyl (C=O) groups excluding carboxylic acids is 1. The zero-order valence-corrected chi connectivity index (χ0v) is 18.9. The number of hydrogen-bond donors (Lipinski definition) is 2. The predicted molar refractivity (Wildman–Crippen MR) is 121 cm³/mol. The Morgan fingerprint density at radius 3 is 2.78 bits per heavy atom. The standard InChI is InChI=1S/C23H31N7O2/c1-29(2)11-12-32-18-7-8-19(25-15-18)27-22-26-14-16-13-23(9-10-24-21(23)31)30(20(16)28-22)17-5-3-4-6-17/h7-8,14-15,17H,3-6,9-13H2,1-2H3,(H,24,31)(H,25,26,27,28)/p+1. The molecule has 1 saturated heterocycles. The minimum Gasteiger partial charge on any atom is -0.491 e. The van der Waals surface area contributed by atoms with Crippen LogP contribution in [0.2, 0.25) is 0 Å². The van der Waals surface area contributed by atoms with E-state index < -0.39 is 5.54 Å². The number of likely N-dealkylation sites (N-methyl/N-ethyl adjacent to an activating group) is 1. The van der Waals surface area contributed by atoms with Crippen LogP contribution < -0.4 is 20.3 Å². The highest BCUT2D eigenvalue weighted by Crippen LogP contribution is 2.45. The lowest BCUT2D eigenvalue weighted by molar-refractivity contribution is -0.555. The molecule has 32 heavy (non-hydrogen) atoms. The fourth-order valence-electron chi connectivity index (χ4n) is 5.25. The summed E-state index contributed by atoms with van der Waals surface area (Å²) in [4.78, 5) is 31.2. The Hall–Kier alpha value is -2.78. The van der Waals surface area contributed by atoms with E-state index >= 15 is 0 Å². The summed E-state index contributed by atoms with van der Waals surface area (Å²) in [5.74, 6) is 3.07. The van der Waals surface area contributed by atoms with Gasteiger partial charge in [-0.2, -0.15) is 4.98 Å². The van der Waals surface area contributed by atoms with Gasteiger partial charge in [0.1, 0.15) is 24.0 Å². The average molecular weight is 439 g/mol. The van der Waals surface area contributed by atoms with Gasteiger partial charge in [-0.3, -0.25) is 5.32 Å². The molecule has 4 heterocycles. The Labute approximate surface area is 188 Å². The molecule has 2 aliphatic heterocycles. The molecule has 9 heteroatoms. The zero-order valence-electron chi connectivity index (χ0n) is 18.9. The normalized spacial score (nSPS) is 22.8. The first-order valence-electron chi connectivity index (χ1n) is 11.6. The number of anilines is 3. The van der Waals surface area contributed by atoms with Crippen LogP contribution in [0.25, 0.3) is 0 Å². The Morgan fingerprint density at radius 1 is 1.25 bits per heavy atom. The summed E-state index contributed by atoms with van der Waals surface area (Å²) in [7, 11) is 4.03. The second kappa shape index (κ2) is 8.63. The van der Waals surface area contributed by atoms with Crippen LogP contribution in [0.1, 0.15) is 37.7 Å². The van der Waals surface area contributed by atoms with Gasteiger partial charge < -0.3 is 19.9 Å². The van der Waals surface area contributed by atoms with Gasteiger partial charge in [0.25, 0.3) is 0 Å². The van der Waals surface area contributed by atoms with Crippen LogP contribution >= 0.6 is 0 Å². The zero-order chi connectivity index (χ0) is 22.1. The highest BCUT2D eigenvalue weighted by Gasteiger charge is 2.58. The molecule has 2 aromatic heterocycles. The van der Waals surface area contributed by atoms with Gasteiger partial charge in [-0.1, -0.05) is 12.8 Å². The number of hydrogen-bond acceptors (Lipinski definition) is 8. The number of primary amides is 1. The smallest absolute Gasteiger partial charge is 0.336 e. The van der Waals surface area contributed by atoms with E-state index in [-0.39, 0.29) is 5.91 Å². The third kappa shape index (κ3) is 3.91. The molecular formula is C23H32N7O2+. The predicted octanol–water partition coefficient (Wildman–Crippen LogP) is 1.09. The van der Waals surface area contributed by atoms with Crippen LogP contribution in [-0.4, -0.2) is 71.1 Å². The fourth-order valence-corrected chi connectivity index (χ4v) is 5.25. The van der Waals surface area contributed by atoms with Gasteiger partial charge in [0.15, 0.2) is 5.54 Å². The van der Waals surface area contributed by atoms with Crippen LogP contribution in [0.5, 0.6) is 5.75 Å². The number of amides is 1. The number of nitrogens with zero attached hydrogens (tertiary/aromatic N) is 5. The number of aromatic nitrogens is 3. The molecule has 1 saturated carbocycles. The molecule has 170 valence electrons. The van der Waals surface area contributed by atoms with Crippen molar-refractivity contribution in [2.24, 2.45) is 0 Å². The first kappa shape index (κ1) is 21.1. The van der Waals surface area contributed by atoms with Crippen molar-refractivity contribution >= 4 is 23.5 Å². The maximum Gasteiger partial charge on any atom is 0.336 e. The van der Waals surface area contributed by atoms with E-state index in [2.05, 4.69) is 25.1 Å². The number of nitrogens with one attached hydrogen (secondary N) is 1. The van der Waals surface area contributed by atoms with E-state index in [9.17, 15) is 4.79 Å². The van der Waals surface area contributed by atoms with Crippen LogP contribution in [0.15, 0.2) is 24.5 Å². The van der Waals surface area contributed by atoms with E-state index in [4.69, 9.17) is 9.72 Å². The Balaban J connectivity index is 1.34. The molecule has 2 fully saturated rings. The van der Waals surface area contributed by atoms with Crippen molar-refractivity contribution in [2.75, 3.05) is 44.0 Å². The van der Waals surface area contributed by atoms with Gasteiger partial charge in [0.2, 0.25) is 5.95 Å². The van der Waals surface area contributed by atoms with Gasteiger partial charge in [-0.15, -0.1) is 0 Å². The summed E-state index contributed by atoms with van der Waals surface area (Å²) in [5, 5.41) is 5.09. The van der Waals surface area contributed by atoms with Crippen LogP contribution in [0.4, 0.5) is 17.6 Å². The van der Waals surface area contributed by atoms with Gasteiger partial charge in [0, 0.05) is 37.2 Å². The average Bonchev–Trinajstić information content (AvgIpc) is 3.49. The van der Waals surface area contributed by atoms with Gasteiger partial charge in [0.05, 0.1) is 12.7 Å². The molecule has 1 atom stereocenters. The van der Waals surface area contributed by atoms with Crippen LogP contribution in [0.3, 0.4) is 0 Å². The maximum atomic E-state index is 13.0. The number of nitrogens with two attached hydrogens (primary N) is 1. The second-order valence-electron chi connectivity index (χ2n) is 9.32. The third-order valence-electron chi connectivity index (χ3n) is 6.83. The topological polar surface area (TPSA) is 100 Å². The first-order chi connectivity index (χ1) is 15.5. The molecule has 0 aromatic carbocycles. The minimum atomic E-state index is -0.450. The molecule has 3 aliphatic rings. The highest BCUT2D eigenvalue weighted by atomic mass is 16.5. The van der Waals surface area contributed by atoms with Gasteiger partial charge in [-0.05, 0) is 39.1 Å². The Morgan fingerprint density at radius 2 is 2.09 bits per heavy atom. The number of ether oxygens (including phenoxy) is 1. The molecule has 5 rings (SSSR count). The van der Waals surface area contributed by atoms with Crippen molar-refractivity contribution < 1.29 is 14.8 Å². The molecule has 2 aromatic rings. The quantitative estimate of drug-likeness (QED) is 0.663. The van der Waals surface area contributed by atoms with Crippen LogP contribution in [0, 0.1) is 0 Å². The Kier molecular flexibility index (Phi) is 5.69. The van der Waals surface area contributed by atoms with Crippen LogP contribution in [-0.2, 0) is 11.2 Å². The van der Waals surface area contributed by atoms with E-state index in [1.807, 2.05) is 37.7 Å². The number of rotatable bonds is 7. The molecule has 9 nitrogen and oxygen atoms in total. The lowest BCUT2D eigenvalue weighted by Gasteiger charge is -2.37. The lowest BCUT2D eigenvalue weighted by Crippen LogP contribution is -2.88. The molecule has 1 unspecified atom stereocenters. The molecule has 1 aliphatic carbocycles.